The number of aryl methyl sites for hydroxylation is 1. The van der Waals surface area contributed by atoms with Gasteiger partial charge in [-0.2, -0.15) is 10.4 Å². The predicted molar refractivity (Wildman–Crippen MR) is 119 cm³/mol. The summed E-state index contributed by atoms with van der Waals surface area (Å²) in [7, 11) is 0. The van der Waals surface area contributed by atoms with Crippen LogP contribution < -0.4 is 0 Å². The third kappa shape index (κ3) is 4.20. The van der Waals surface area contributed by atoms with Crippen molar-refractivity contribution in [1.29, 1.82) is 5.26 Å². The molecule has 1 aliphatic rings. The lowest BCUT2D eigenvalue weighted by Gasteiger charge is -2.27. The quantitative estimate of drug-likeness (QED) is 0.620. The number of hydrogen-bond acceptors (Lipinski definition) is 4. The van der Waals surface area contributed by atoms with Crippen molar-refractivity contribution in [3.05, 3.63) is 81.1 Å². The first-order valence-corrected chi connectivity index (χ1v) is 10.6. The first-order valence-electron chi connectivity index (χ1n) is 10.2. The van der Waals surface area contributed by atoms with Crippen LogP contribution in [0.3, 0.4) is 0 Å². The highest BCUT2D eigenvalue weighted by atomic mass is 35.5. The van der Waals surface area contributed by atoms with Gasteiger partial charge in [-0.1, -0.05) is 29.8 Å². The Labute approximate surface area is 186 Å². The van der Waals surface area contributed by atoms with Crippen LogP contribution in [0.2, 0.25) is 5.02 Å². The van der Waals surface area contributed by atoms with Crippen molar-refractivity contribution in [3.63, 3.8) is 0 Å². The number of halogens is 1. The zero-order chi connectivity index (χ0) is 22.0. The van der Waals surface area contributed by atoms with E-state index in [1.54, 1.807) is 12.1 Å². The number of carbonyl (C=O) groups excluding carboxylic acids is 1. The minimum Gasteiger partial charge on any atom is -0.378 e. The van der Waals surface area contributed by atoms with Crippen molar-refractivity contribution in [1.82, 2.24) is 14.7 Å². The van der Waals surface area contributed by atoms with E-state index in [4.69, 9.17) is 26.7 Å². The molecule has 31 heavy (non-hydrogen) atoms. The summed E-state index contributed by atoms with van der Waals surface area (Å²) in [5.41, 5.74) is 5.87. The van der Waals surface area contributed by atoms with E-state index in [0.29, 0.717) is 43.3 Å². The number of nitriles is 1. The van der Waals surface area contributed by atoms with Crippen molar-refractivity contribution in [3.8, 4) is 11.8 Å². The number of benzene rings is 2. The molecule has 1 saturated heterocycles. The van der Waals surface area contributed by atoms with Crippen molar-refractivity contribution < 1.29 is 9.53 Å². The Hall–Kier alpha value is -3.14. The Morgan fingerprint density at radius 1 is 1.19 bits per heavy atom. The number of carbonyl (C=O) groups is 1. The van der Waals surface area contributed by atoms with Crippen LogP contribution in [-0.2, 0) is 11.2 Å². The Morgan fingerprint density at radius 3 is 2.65 bits per heavy atom. The van der Waals surface area contributed by atoms with Crippen LogP contribution in [-0.4, -0.2) is 46.9 Å². The van der Waals surface area contributed by atoms with Gasteiger partial charge in [-0.05, 0) is 43.7 Å². The van der Waals surface area contributed by atoms with Crippen LogP contribution in [0.15, 0.2) is 42.5 Å². The van der Waals surface area contributed by atoms with Gasteiger partial charge in [0.1, 0.15) is 6.07 Å². The van der Waals surface area contributed by atoms with Gasteiger partial charge in [0.2, 0.25) is 0 Å². The highest BCUT2D eigenvalue weighted by Crippen LogP contribution is 2.26. The maximum absolute atomic E-state index is 13.1. The van der Waals surface area contributed by atoms with E-state index in [1.807, 2.05) is 53.8 Å². The predicted octanol–water partition coefficient (Wildman–Crippen LogP) is 4.08. The summed E-state index contributed by atoms with van der Waals surface area (Å²) in [6, 6.07) is 15.1. The van der Waals surface area contributed by atoms with Crippen molar-refractivity contribution in [2.45, 2.75) is 20.3 Å². The molecule has 1 fully saturated rings. The number of ether oxygens (including phenoxy) is 1. The molecule has 0 radical (unpaired) electrons. The molecule has 0 unspecified atom stereocenters. The molecule has 3 aromatic rings. The Kier molecular flexibility index (Phi) is 6.08. The topological polar surface area (TPSA) is 71.2 Å². The van der Waals surface area contributed by atoms with Crippen molar-refractivity contribution >= 4 is 17.5 Å². The molecule has 2 aromatic carbocycles. The fourth-order valence-electron chi connectivity index (χ4n) is 3.92. The summed E-state index contributed by atoms with van der Waals surface area (Å²) in [6.45, 7) is 6.35. The second-order valence-corrected chi connectivity index (χ2v) is 7.98. The first-order chi connectivity index (χ1) is 15.0. The molecule has 0 aliphatic carbocycles. The molecular formula is C24H23ClN4O2. The van der Waals surface area contributed by atoms with Gasteiger partial charge >= 0.3 is 0 Å². The van der Waals surface area contributed by atoms with Gasteiger partial charge < -0.3 is 9.64 Å². The van der Waals surface area contributed by atoms with Gasteiger partial charge in [-0.15, -0.1) is 0 Å². The van der Waals surface area contributed by atoms with Gasteiger partial charge in [0.15, 0.2) is 0 Å². The van der Waals surface area contributed by atoms with E-state index in [-0.39, 0.29) is 5.91 Å². The summed E-state index contributed by atoms with van der Waals surface area (Å²) in [6.07, 6.45) is 0.605. The fourth-order valence-corrected chi connectivity index (χ4v) is 4.14. The maximum Gasteiger partial charge on any atom is 0.254 e. The van der Waals surface area contributed by atoms with Crippen LogP contribution in [0.1, 0.15) is 38.4 Å². The Balaban J connectivity index is 1.66. The minimum absolute atomic E-state index is 0.0421. The molecule has 1 aromatic heterocycles. The summed E-state index contributed by atoms with van der Waals surface area (Å²) in [4.78, 5) is 15.0. The standard InChI is InChI=1S/C24H23ClN4O2/c1-16-22(17(2)29(27-16)20-8-7-19(15-26)23(25)14-20)13-18-5-3-4-6-21(18)24(30)28-9-11-31-12-10-28/h3-8,14H,9-13H2,1-2H3. The van der Waals surface area contributed by atoms with Crippen LogP contribution in [0, 0.1) is 25.2 Å². The highest BCUT2D eigenvalue weighted by molar-refractivity contribution is 6.31. The van der Waals surface area contributed by atoms with E-state index < -0.39 is 0 Å². The third-order valence-electron chi connectivity index (χ3n) is 5.67. The smallest absolute Gasteiger partial charge is 0.254 e. The number of nitrogens with zero attached hydrogens (tertiary/aromatic N) is 4. The summed E-state index contributed by atoms with van der Waals surface area (Å²) in [5, 5.41) is 14.2. The molecule has 1 aliphatic heterocycles. The molecule has 7 heteroatoms. The molecule has 1 amide bonds. The number of rotatable bonds is 4. The van der Waals surface area contributed by atoms with Gasteiger partial charge in [-0.25, -0.2) is 4.68 Å². The van der Waals surface area contributed by atoms with E-state index in [2.05, 4.69) is 6.07 Å². The number of aromatic nitrogens is 2. The van der Waals surface area contributed by atoms with E-state index >= 15 is 0 Å². The van der Waals surface area contributed by atoms with Gasteiger partial charge in [0, 0.05) is 36.3 Å². The van der Waals surface area contributed by atoms with Crippen LogP contribution >= 0.6 is 11.6 Å². The third-order valence-corrected chi connectivity index (χ3v) is 5.98. The molecule has 0 spiro atoms. The lowest BCUT2D eigenvalue weighted by atomic mass is 9.97. The molecule has 158 valence electrons. The van der Waals surface area contributed by atoms with E-state index in [0.717, 1.165) is 33.8 Å². The summed E-state index contributed by atoms with van der Waals surface area (Å²) in [5.74, 6) is 0.0421. The second kappa shape index (κ2) is 8.93. The van der Waals surface area contributed by atoms with Gasteiger partial charge in [0.05, 0.1) is 35.2 Å². The minimum atomic E-state index is 0.0421. The van der Waals surface area contributed by atoms with Crippen molar-refractivity contribution in [2.75, 3.05) is 26.3 Å². The average molecular weight is 435 g/mol. The SMILES string of the molecule is Cc1nn(-c2ccc(C#N)c(Cl)c2)c(C)c1Cc1ccccc1C(=O)N1CCOCC1. The second-order valence-electron chi connectivity index (χ2n) is 7.58. The monoisotopic (exact) mass is 434 g/mol. The number of morpholine rings is 1. The Morgan fingerprint density at radius 2 is 1.94 bits per heavy atom. The molecule has 2 heterocycles. The van der Waals surface area contributed by atoms with Gasteiger partial charge in [0.25, 0.3) is 5.91 Å². The number of amides is 1. The van der Waals surface area contributed by atoms with Gasteiger partial charge in [-0.3, -0.25) is 4.79 Å². The van der Waals surface area contributed by atoms with Crippen LogP contribution in [0.4, 0.5) is 0 Å². The largest absolute Gasteiger partial charge is 0.378 e. The molecule has 6 nitrogen and oxygen atoms in total. The maximum atomic E-state index is 13.1. The molecular weight excluding hydrogens is 412 g/mol. The lowest BCUT2D eigenvalue weighted by molar-refractivity contribution is 0.0302. The average Bonchev–Trinajstić information content (AvgIpc) is 3.08. The normalized spacial score (nSPS) is 13.8. The summed E-state index contributed by atoms with van der Waals surface area (Å²) >= 11 is 6.22. The molecule has 0 N–H and O–H groups in total. The first kappa shape index (κ1) is 21.1. The van der Waals surface area contributed by atoms with Crippen molar-refractivity contribution in [2.24, 2.45) is 0 Å². The molecule has 4 rings (SSSR count). The molecule has 0 atom stereocenters. The van der Waals surface area contributed by atoms with E-state index in [1.165, 1.54) is 0 Å². The highest BCUT2D eigenvalue weighted by Gasteiger charge is 2.22. The zero-order valence-corrected chi connectivity index (χ0v) is 18.3. The summed E-state index contributed by atoms with van der Waals surface area (Å²) < 4.78 is 7.22. The molecule has 0 saturated carbocycles. The zero-order valence-electron chi connectivity index (χ0n) is 17.6. The molecule has 0 bridgehead atoms. The lowest BCUT2D eigenvalue weighted by Crippen LogP contribution is -2.41. The fraction of sp³-hybridized carbons (Fsp3) is 0.292. The van der Waals surface area contributed by atoms with E-state index in [9.17, 15) is 4.79 Å². The number of hydrogen-bond donors (Lipinski definition) is 0. The Bertz CT molecular complexity index is 1170. The van der Waals surface area contributed by atoms with Crippen LogP contribution in [0.5, 0.6) is 0 Å². The van der Waals surface area contributed by atoms with Crippen LogP contribution in [0.25, 0.3) is 5.69 Å².